The zero-order chi connectivity index (χ0) is 16.5. The van der Waals surface area contributed by atoms with Crippen molar-refractivity contribution in [1.82, 2.24) is 9.55 Å². The molecule has 3 aromatic carbocycles. The first kappa shape index (κ1) is 14.2. The first-order valence-electron chi connectivity index (χ1n) is 7.79. The van der Waals surface area contributed by atoms with Gasteiger partial charge in [0.05, 0.1) is 16.6 Å². The highest BCUT2D eigenvalue weighted by atomic mass is 15.1. The van der Waals surface area contributed by atoms with Crippen molar-refractivity contribution in [3.8, 4) is 6.07 Å². The van der Waals surface area contributed by atoms with Crippen molar-refractivity contribution in [2.24, 2.45) is 7.05 Å². The summed E-state index contributed by atoms with van der Waals surface area (Å²) >= 11 is 0. The summed E-state index contributed by atoms with van der Waals surface area (Å²) in [6.07, 6.45) is 1.90. The molecule has 0 fully saturated rings. The van der Waals surface area contributed by atoms with Crippen LogP contribution in [-0.2, 0) is 7.05 Å². The van der Waals surface area contributed by atoms with Gasteiger partial charge in [-0.3, -0.25) is 0 Å². The Hall–Kier alpha value is -3.38. The fraction of sp³-hybridized carbons (Fsp3) is 0.0476. The summed E-state index contributed by atoms with van der Waals surface area (Å²) in [5, 5.41) is 12.0. The van der Waals surface area contributed by atoms with Crippen LogP contribution < -0.4 is 0 Å². The number of aromatic nitrogens is 2. The maximum atomic E-state index is 9.63. The van der Waals surface area contributed by atoms with Gasteiger partial charge in [-0.1, -0.05) is 48.5 Å². The molecule has 0 radical (unpaired) electrons. The van der Waals surface area contributed by atoms with E-state index in [9.17, 15) is 5.26 Å². The molecule has 0 saturated heterocycles. The summed E-state index contributed by atoms with van der Waals surface area (Å²) in [4.78, 5) is 4.61. The number of para-hydroxylation sites is 2. The molecule has 0 N–H and O–H groups in total. The molecule has 0 amide bonds. The minimum Gasteiger partial charge on any atom is -0.327 e. The van der Waals surface area contributed by atoms with Gasteiger partial charge in [-0.25, -0.2) is 4.98 Å². The van der Waals surface area contributed by atoms with Crippen molar-refractivity contribution in [3.63, 3.8) is 0 Å². The second-order valence-corrected chi connectivity index (χ2v) is 5.76. The molecule has 0 spiro atoms. The smallest absolute Gasteiger partial charge is 0.151 e. The Bertz CT molecular complexity index is 1130. The van der Waals surface area contributed by atoms with Crippen LogP contribution in [0.3, 0.4) is 0 Å². The molecule has 1 heterocycles. The number of hydrogen-bond donors (Lipinski definition) is 0. The zero-order valence-electron chi connectivity index (χ0n) is 13.3. The minimum atomic E-state index is 0.559. The monoisotopic (exact) mass is 309 g/mol. The number of rotatable bonds is 2. The third-order valence-corrected chi connectivity index (χ3v) is 4.23. The summed E-state index contributed by atoms with van der Waals surface area (Å²) in [5.41, 5.74) is 3.48. The van der Waals surface area contributed by atoms with Crippen LogP contribution in [0.1, 0.15) is 11.4 Å². The van der Waals surface area contributed by atoms with Crippen LogP contribution in [0.2, 0.25) is 0 Å². The van der Waals surface area contributed by atoms with E-state index < -0.39 is 0 Å². The number of imidazole rings is 1. The Labute approximate surface area is 140 Å². The number of fused-ring (bicyclic) bond motifs is 2. The van der Waals surface area contributed by atoms with E-state index in [1.165, 1.54) is 5.39 Å². The summed E-state index contributed by atoms with van der Waals surface area (Å²) in [6.45, 7) is 0. The summed E-state index contributed by atoms with van der Waals surface area (Å²) in [6, 6.07) is 24.6. The van der Waals surface area contributed by atoms with Crippen LogP contribution in [0.15, 0.2) is 66.7 Å². The number of hydrogen-bond acceptors (Lipinski definition) is 2. The molecule has 24 heavy (non-hydrogen) atoms. The van der Waals surface area contributed by atoms with Crippen molar-refractivity contribution in [2.45, 2.75) is 0 Å². The van der Waals surface area contributed by atoms with Gasteiger partial charge in [-0.2, -0.15) is 5.26 Å². The normalized spacial score (nSPS) is 11.8. The molecule has 0 bridgehead atoms. The Morgan fingerprint density at radius 2 is 1.75 bits per heavy atom. The predicted octanol–water partition coefficient (Wildman–Crippen LogP) is 4.79. The maximum Gasteiger partial charge on any atom is 0.151 e. The summed E-state index contributed by atoms with van der Waals surface area (Å²) in [5.74, 6) is 0.687. The lowest BCUT2D eigenvalue weighted by Crippen LogP contribution is -1.96. The van der Waals surface area contributed by atoms with E-state index in [1.807, 2.05) is 60.2 Å². The lowest BCUT2D eigenvalue weighted by atomic mass is 10.1. The highest BCUT2D eigenvalue weighted by Gasteiger charge is 2.11. The average Bonchev–Trinajstić information content (AvgIpc) is 2.96. The van der Waals surface area contributed by atoms with Gasteiger partial charge in [0.2, 0.25) is 0 Å². The third kappa shape index (κ3) is 2.35. The third-order valence-electron chi connectivity index (χ3n) is 4.23. The van der Waals surface area contributed by atoms with Crippen molar-refractivity contribution in [2.75, 3.05) is 0 Å². The number of benzene rings is 3. The van der Waals surface area contributed by atoms with Crippen molar-refractivity contribution in [3.05, 3.63) is 78.1 Å². The molecule has 0 saturated carbocycles. The van der Waals surface area contributed by atoms with Crippen LogP contribution >= 0.6 is 0 Å². The van der Waals surface area contributed by atoms with E-state index in [0.29, 0.717) is 11.4 Å². The molecule has 3 nitrogen and oxygen atoms in total. The second-order valence-electron chi connectivity index (χ2n) is 5.76. The number of nitriles is 1. The standard InChI is InChI=1S/C21H15N3/c1-24-20-9-5-4-8-19(20)23-21(24)18(14-22)13-15-10-11-16-6-2-3-7-17(16)12-15/h2-13H,1H3/b18-13+. The first-order chi connectivity index (χ1) is 11.8. The first-order valence-corrected chi connectivity index (χ1v) is 7.79. The molecular formula is C21H15N3. The maximum absolute atomic E-state index is 9.63. The van der Waals surface area contributed by atoms with Gasteiger partial charge < -0.3 is 4.57 Å². The van der Waals surface area contributed by atoms with E-state index in [4.69, 9.17) is 0 Å². The summed E-state index contributed by atoms with van der Waals surface area (Å²) < 4.78 is 1.96. The van der Waals surface area contributed by atoms with Crippen molar-refractivity contribution >= 4 is 33.5 Å². The Morgan fingerprint density at radius 1 is 1.00 bits per heavy atom. The molecule has 3 heteroatoms. The van der Waals surface area contributed by atoms with Crippen molar-refractivity contribution < 1.29 is 0 Å². The molecule has 4 aromatic rings. The molecule has 0 aliphatic carbocycles. The number of aryl methyl sites for hydroxylation is 1. The fourth-order valence-electron chi connectivity index (χ4n) is 3.00. The van der Waals surface area contributed by atoms with E-state index >= 15 is 0 Å². The van der Waals surface area contributed by atoms with Crippen LogP contribution in [0.5, 0.6) is 0 Å². The largest absolute Gasteiger partial charge is 0.327 e. The topological polar surface area (TPSA) is 41.6 Å². The molecular weight excluding hydrogens is 294 g/mol. The molecule has 0 atom stereocenters. The van der Waals surface area contributed by atoms with Crippen LogP contribution in [0.25, 0.3) is 33.5 Å². The highest BCUT2D eigenvalue weighted by Crippen LogP contribution is 2.23. The highest BCUT2D eigenvalue weighted by molar-refractivity contribution is 5.93. The Balaban J connectivity index is 1.85. The van der Waals surface area contributed by atoms with Crippen LogP contribution in [0, 0.1) is 11.3 Å². The van der Waals surface area contributed by atoms with E-state index in [0.717, 1.165) is 22.0 Å². The summed E-state index contributed by atoms with van der Waals surface area (Å²) in [7, 11) is 1.94. The molecule has 4 rings (SSSR count). The average molecular weight is 309 g/mol. The van der Waals surface area contributed by atoms with E-state index in [2.05, 4.69) is 35.3 Å². The van der Waals surface area contributed by atoms with Crippen LogP contribution in [0.4, 0.5) is 0 Å². The Kier molecular flexibility index (Phi) is 3.36. The lowest BCUT2D eigenvalue weighted by molar-refractivity contribution is 0.925. The minimum absolute atomic E-state index is 0.559. The van der Waals surface area contributed by atoms with Gasteiger partial charge in [0, 0.05) is 7.05 Å². The Morgan fingerprint density at radius 3 is 2.54 bits per heavy atom. The van der Waals surface area contributed by atoms with E-state index in [1.54, 1.807) is 0 Å². The van der Waals surface area contributed by atoms with Gasteiger partial charge in [0.15, 0.2) is 5.82 Å². The van der Waals surface area contributed by atoms with Gasteiger partial charge in [-0.15, -0.1) is 0 Å². The van der Waals surface area contributed by atoms with Crippen LogP contribution in [-0.4, -0.2) is 9.55 Å². The van der Waals surface area contributed by atoms with Gasteiger partial charge in [0.25, 0.3) is 0 Å². The number of allylic oxidation sites excluding steroid dienone is 1. The van der Waals surface area contributed by atoms with Gasteiger partial charge >= 0.3 is 0 Å². The zero-order valence-corrected chi connectivity index (χ0v) is 13.3. The molecule has 0 aliphatic heterocycles. The predicted molar refractivity (Wildman–Crippen MR) is 98.1 cm³/mol. The van der Waals surface area contributed by atoms with Crippen molar-refractivity contribution in [1.29, 1.82) is 5.26 Å². The van der Waals surface area contributed by atoms with Gasteiger partial charge in [0.1, 0.15) is 6.07 Å². The molecule has 0 aliphatic rings. The quantitative estimate of drug-likeness (QED) is 0.499. The second kappa shape index (κ2) is 5.68. The molecule has 1 aromatic heterocycles. The fourth-order valence-corrected chi connectivity index (χ4v) is 3.00. The molecule has 0 unspecified atom stereocenters. The SMILES string of the molecule is Cn1c(/C(C#N)=C/c2ccc3ccccc3c2)nc2ccccc21. The molecule has 114 valence electrons. The lowest BCUT2D eigenvalue weighted by Gasteiger charge is -2.02. The van der Waals surface area contributed by atoms with Gasteiger partial charge in [-0.05, 0) is 40.6 Å². The number of nitrogens with zero attached hydrogens (tertiary/aromatic N) is 3. The van der Waals surface area contributed by atoms with E-state index in [-0.39, 0.29) is 0 Å².